The van der Waals surface area contributed by atoms with E-state index in [2.05, 4.69) is 22.8 Å². The van der Waals surface area contributed by atoms with Crippen molar-refractivity contribution in [2.24, 2.45) is 17.8 Å². The van der Waals surface area contributed by atoms with Crippen molar-refractivity contribution in [2.45, 2.75) is 63.3 Å². The average Bonchev–Trinajstić information content (AvgIpc) is 2.79. The molecule has 2 N–H and O–H groups in total. The van der Waals surface area contributed by atoms with E-state index in [4.69, 9.17) is 4.74 Å². The van der Waals surface area contributed by atoms with E-state index < -0.39 is 12.1 Å². The maximum Gasteiger partial charge on any atom is 0.407 e. The molecule has 2 aromatic rings. The van der Waals surface area contributed by atoms with Gasteiger partial charge in [0.15, 0.2) is 0 Å². The maximum absolute atomic E-state index is 12.8. The van der Waals surface area contributed by atoms with E-state index in [1.165, 1.54) is 44.1 Å². The summed E-state index contributed by atoms with van der Waals surface area (Å²) in [7, 11) is 0. The molecule has 0 saturated heterocycles. The summed E-state index contributed by atoms with van der Waals surface area (Å²) in [4.78, 5) is 24.8. The SMILES string of the molecule is CCOC(=O)N[C@@H](CC(=O)Nc1ccc(C23CC4CC(CC(C4)C2)C3)cc1)c1ccccc1. The van der Waals surface area contributed by atoms with E-state index in [-0.39, 0.29) is 18.9 Å². The molecule has 5 heteroatoms. The fourth-order valence-corrected chi connectivity index (χ4v) is 7.02. The predicted molar refractivity (Wildman–Crippen MR) is 129 cm³/mol. The molecule has 4 aliphatic carbocycles. The van der Waals surface area contributed by atoms with Gasteiger partial charge in [-0.1, -0.05) is 42.5 Å². The Kier molecular flexibility index (Phi) is 6.13. The van der Waals surface area contributed by atoms with Gasteiger partial charge in [-0.3, -0.25) is 4.79 Å². The van der Waals surface area contributed by atoms with Crippen LogP contribution in [0.5, 0.6) is 0 Å². The predicted octanol–water partition coefficient (Wildman–Crippen LogP) is 5.97. The van der Waals surface area contributed by atoms with E-state index >= 15 is 0 Å². The van der Waals surface area contributed by atoms with Gasteiger partial charge in [0.2, 0.25) is 5.91 Å². The van der Waals surface area contributed by atoms with Crippen LogP contribution in [-0.4, -0.2) is 18.6 Å². The molecule has 1 atom stereocenters. The van der Waals surface area contributed by atoms with Crippen molar-refractivity contribution in [3.63, 3.8) is 0 Å². The van der Waals surface area contributed by atoms with Crippen LogP contribution in [0.15, 0.2) is 54.6 Å². The minimum Gasteiger partial charge on any atom is -0.450 e. The van der Waals surface area contributed by atoms with Crippen molar-refractivity contribution in [3.05, 3.63) is 65.7 Å². The second-order valence-corrected chi connectivity index (χ2v) is 10.4. The molecule has 4 fully saturated rings. The number of hydrogen-bond acceptors (Lipinski definition) is 3. The first-order valence-corrected chi connectivity index (χ1v) is 12.4. The molecule has 2 amide bonds. The van der Waals surface area contributed by atoms with Crippen LogP contribution in [0.3, 0.4) is 0 Å². The lowest BCUT2D eigenvalue weighted by molar-refractivity contribution is -0.116. The Hall–Kier alpha value is -2.82. The second kappa shape index (κ2) is 9.20. The summed E-state index contributed by atoms with van der Waals surface area (Å²) in [5.74, 6) is 2.61. The number of hydrogen-bond donors (Lipinski definition) is 2. The number of benzene rings is 2. The molecule has 4 saturated carbocycles. The molecule has 0 radical (unpaired) electrons. The number of rotatable bonds is 7. The van der Waals surface area contributed by atoms with Gasteiger partial charge in [0.1, 0.15) is 0 Å². The highest BCUT2D eigenvalue weighted by Crippen LogP contribution is 2.60. The Bertz CT molecular complexity index is 951. The Morgan fingerprint density at radius 3 is 2.12 bits per heavy atom. The van der Waals surface area contributed by atoms with Gasteiger partial charge in [0.25, 0.3) is 0 Å². The summed E-state index contributed by atoms with van der Waals surface area (Å²) < 4.78 is 5.03. The third-order valence-corrected chi connectivity index (χ3v) is 7.98. The molecule has 4 aliphatic rings. The second-order valence-electron chi connectivity index (χ2n) is 10.4. The Balaban J connectivity index is 1.24. The van der Waals surface area contributed by atoms with Crippen molar-refractivity contribution in [2.75, 3.05) is 11.9 Å². The summed E-state index contributed by atoms with van der Waals surface area (Å²) in [6.07, 6.45) is 7.95. The van der Waals surface area contributed by atoms with Crippen LogP contribution in [0, 0.1) is 17.8 Å². The van der Waals surface area contributed by atoms with Crippen LogP contribution in [0.1, 0.15) is 69.0 Å². The van der Waals surface area contributed by atoms with Crippen LogP contribution in [0.2, 0.25) is 0 Å². The molecule has 5 nitrogen and oxygen atoms in total. The third kappa shape index (κ3) is 4.78. The van der Waals surface area contributed by atoms with Crippen molar-refractivity contribution in [3.8, 4) is 0 Å². The Labute approximate surface area is 196 Å². The monoisotopic (exact) mass is 446 g/mol. The molecule has 174 valence electrons. The molecule has 0 aromatic heterocycles. The number of nitrogens with one attached hydrogen (secondary N) is 2. The van der Waals surface area contributed by atoms with Crippen LogP contribution in [0.25, 0.3) is 0 Å². The highest BCUT2D eigenvalue weighted by Gasteiger charge is 2.51. The van der Waals surface area contributed by atoms with Gasteiger partial charge in [-0.2, -0.15) is 0 Å². The molecular weight excluding hydrogens is 412 g/mol. The average molecular weight is 447 g/mol. The van der Waals surface area contributed by atoms with Crippen molar-refractivity contribution < 1.29 is 14.3 Å². The summed E-state index contributed by atoms with van der Waals surface area (Å²) in [6.45, 7) is 2.05. The number of alkyl carbamates (subject to hydrolysis) is 1. The minimum absolute atomic E-state index is 0.136. The van der Waals surface area contributed by atoms with E-state index in [1.807, 2.05) is 42.5 Å². The number of anilines is 1. The van der Waals surface area contributed by atoms with Gasteiger partial charge in [-0.05, 0) is 91.9 Å². The fraction of sp³-hybridized carbons (Fsp3) is 0.500. The maximum atomic E-state index is 12.8. The largest absolute Gasteiger partial charge is 0.450 e. The third-order valence-electron chi connectivity index (χ3n) is 7.98. The summed E-state index contributed by atoms with van der Waals surface area (Å²) in [5.41, 5.74) is 3.49. The topological polar surface area (TPSA) is 67.4 Å². The van der Waals surface area contributed by atoms with E-state index in [9.17, 15) is 9.59 Å². The molecule has 0 unspecified atom stereocenters. The molecule has 33 heavy (non-hydrogen) atoms. The Morgan fingerprint density at radius 1 is 0.939 bits per heavy atom. The van der Waals surface area contributed by atoms with Crippen LogP contribution in [-0.2, 0) is 14.9 Å². The quantitative estimate of drug-likeness (QED) is 0.551. The minimum atomic E-state index is -0.515. The van der Waals surface area contributed by atoms with Gasteiger partial charge in [0.05, 0.1) is 19.1 Å². The zero-order chi connectivity index (χ0) is 22.8. The number of ether oxygens (including phenoxy) is 1. The van der Waals surface area contributed by atoms with E-state index in [1.54, 1.807) is 6.92 Å². The molecule has 6 rings (SSSR count). The number of carbonyl (C=O) groups excluding carboxylic acids is 2. The van der Waals surface area contributed by atoms with Gasteiger partial charge < -0.3 is 15.4 Å². The zero-order valence-corrected chi connectivity index (χ0v) is 19.4. The molecule has 0 spiro atoms. The van der Waals surface area contributed by atoms with E-state index in [0.29, 0.717) is 5.41 Å². The lowest BCUT2D eigenvalue weighted by Gasteiger charge is -2.57. The highest BCUT2D eigenvalue weighted by atomic mass is 16.5. The first kappa shape index (κ1) is 22.0. The van der Waals surface area contributed by atoms with E-state index in [0.717, 1.165) is 29.0 Å². The first-order chi connectivity index (χ1) is 16.0. The fourth-order valence-electron chi connectivity index (χ4n) is 7.02. The van der Waals surface area contributed by atoms with Gasteiger partial charge in [-0.15, -0.1) is 0 Å². The normalized spacial score (nSPS) is 28.2. The van der Waals surface area contributed by atoms with Gasteiger partial charge in [0, 0.05) is 5.69 Å². The molecular formula is C28H34N2O3. The number of carbonyl (C=O) groups is 2. The zero-order valence-electron chi connectivity index (χ0n) is 19.4. The molecule has 0 aliphatic heterocycles. The smallest absolute Gasteiger partial charge is 0.407 e. The van der Waals surface area contributed by atoms with Crippen molar-refractivity contribution in [1.82, 2.24) is 5.32 Å². The van der Waals surface area contributed by atoms with Crippen LogP contribution >= 0.6 is 0 Å². The summed E-state index contributed by atoms with van der Waals surface area (Å²) in [5, 5.41) is 5.83. The highest BCUT2D eigenvalue weighted by molar-refractivity contribution is 5.91. The lowest BCUT2D eigenvalue weighted by atomic mass is 9.48. The molecule has 4 bridgehead atoms. The Morgan fingerprint density at radius 2 is 1.55 bits per heavy atom. The van der Waals surface area contributed by atoms with Gasteiger partial charge in [-0.25, -0.2) is 4.79 Å². The van der Waals surface area contributed by atoms with Gasteiger partial charge >= 0.3 is 6.09 Å². The molecule has 0 heterocycles. The van der Waals surface area contributed by atoms with Crippen LogP contribution in [0.4, 0.5) is 10.5 Å². The van der Waals surface area contributed by atoms with Crippen molar-refractivity contribution in [1.29, 1.82) is 0 Å². The molecule has 2 aromatic carbocycles. The summed E-state index contributed by atoms with van der Waals surface area (Å²) >= 11 is 0. The summed E-state index contributed by atoms with van der Waals surface area (Å²) in [6, 6.07) is 17.6. The standard InChI is InChI=1S/C28H34N2O3/c1-2-33-27(32)30-25(22-6-4-3-5-7-22)15-26(31)29-24-10-8-23(9-11-24)28-16-19-12-20(17-28)14-21(13-19)18-28/h3-11,19-21,25H,2,12-18H2,1H3,(H,29,31)(H,30,32)/t19?,20?,21?,25-,28?/m0/s1. The lowest BCUT2D eigenvalue weighted by Crippen LogP contribution is -2.48. The van der Waals surface area contributed by atoms with Crippen molar-refractivity contribution >= 4 is 17.7 Å². The first-order valence-electron chi connectivity index (χ1n) is 12.4. The van der Waals surface area contributed by atoms with Crippen LogP contribution < -0.4 is 10.6 Å². The number of amides is 2.